The van der Waals surface area contributed by atoms with Crippen molar-refractivity contribution in [3.05, 3.63) is 35.0 Å². The number of furan rings is 1. The van der Waals surface area contributed by atoms with E-state index in [0.717, 1.165) is 24.6 Å². The summed E-state index contributed by atoms with van der Waals surface area (Å²) in [4.78, 5) is 12.3. The molecule has 0 bridgehead atoms. The van der Waals surface area contributed by atoms with Crippen LogP contribution in [0.25, 0.3) is 11.0 Å². The Morgan fingerprint density at radius 3 is 2.75 bits per heavy atom. The van der Waals surface area contributed by atoms with Gasteiger partial charge in [0.2, 0.25) is 5.78 Å². The van der Waals surface area contributed by atoms with E-state index in [9.17, 15) is 4.79 Å². The van der Waals surface area contributed by atoms with Gasteiger partial charge in [0.15, 0.2) is 11.3 Å². The van der Waals surface area contributed by atoms with Crippen LogP contribution in [0, 0.1) is 5.92 Å². The zero-order valence-electron chi connectivity index (χ0n) is 11.9. The van der Waals surface area contributed by atoms with E-state index in [-0.39, 0.29) is 17.7 Å². The molecule has 0 spiro atoms. The van der Waals surface area contributed by atoms with E-state index in [1.54, 1.807) is 12.1 Å². The number of hydrogen-bond acceptors (Lipinski definition) is 3. The Labute approximate surface area is 124 Å². The Bertz CT molecular complexity index is 604. The fraction of sp³-hybridized carbons (Fsp3) is 0.438. The highest BCUT2D eigenvalue weighted by atomic mass is 35.5. The predicted molar refractivity (Wildman–Crippen MR) is 82.2 cm³/mol. The Balaban J connectivity index is 2.09. The number of nitrogens with two attached hydrogens (primary N) is 1. The average Bonchev–Trinajstić information content (AvgIpc) is 2.82. The van der Waals surface area contributed by atoms with Crippen LogP contribution in [0.2, 0.25) is 5.02 Å². The lowest BCUT2D eigenvalue weighted by Gasteiger charge is -2.09. The summed E-state index contributed by atoms with van der Waals surface area (Å²) < 4.78 is 5.60. The summed E-state index contributed by atoms with van der Waals surface area (Å²) in [6.45, 7) is 3.91. The van der Waals surface area contributed by atoms with Gasteiger partial charge in [0, 0.05) is 17.3 Å². The molecule has 2 N–H and O–H groups in total. The van der Waals surface area contributed by atoms with Crippen molar-refractivity contribution in [3.63, 3.8) is 0 Å². The standard InChI is InChI=1S/C16H20ClNO2/c1-10(5-3-6-11(2)18)15(19)14-9-12-7-4-8-13(17)16(12)20-14/h4,7-11H,3,5-6,18H2,1-2H3. The first kappa shape index (κ1) is 15.1. The van der Waals surface area contributed by atoms with Crippen molar-refractivity contribution >= 4 is 28.4 Å². The predicted octanol–water partition coefficient (Wildman–Crippen LogP) is 4.42. The summed E-state index contributed by atoms with van der Waals surface area (Å²) in [6.07, 6.45) is 2.71. The zero-order valence-corrected chi connectivity index (χ0v) is 12.6. The summed E-state index contributed by atoms with van der Waals surface area (Å²) in [5.74, 6) is 0.358. The molecule has 1 aromatic heterocycles. The summed E-state index contributed by atoms with van der Waals surface area (Å²) >= 11 is 6.05. The molecule has 0 aliphatic carbocycles. The van der Waals surface area contributed by atoms with E-state index in [1.165, 1.54) is 0 Å². The third-order valence-electron chi connectivity index (χ3n) is 3.48. The second-order valence-corrected chi connectivity index (χ2v) is 5.85. The molecule has 2 unspecified atom stereocenters. The molecule has 0 saturated carbocycles. The van der Waals surface area contributed by atoms with Gasteiger partial charge in [0.25, 0.3) is 0 Å². The molecule has 108 valence electrons. The fourth-order valence-corrected chi connectivity index (χ4v) is 2.49. The quantitative estimate of drug-likeness (QED) is 0.802. The van der Waals surface area contributed by atoms with Gasteiger partial charge >= 0.3 is 0 Å². The maximum absolute atomic E-state index is 12.3. The van der Waals surface area contributed by atoms with Gasteiger partial charge in [0.1, 0.15) is 0 Å². The minimum Gasteiger partial charge on any atom is -0.451 e. The van der Waals surface area contributed by atoms with Crippen LogP contribution in [0.5, 0.6) is 0 Å². The molecule has 1 aromatic carbocycles. The van der Waals surface area contributed by atoms with Crippen LogP contribution in [0.15, 0.2) is 28.7 Å². The van der Waals surface area contributed by atoms with Crippen LogP contribution < -0.4 is 5.73 Å². The summed E-state index contributed by atoms with van der Waals surface area (Å²) in [5, 5.41) is 1.40. The molecule has 0 amide bonds. The maximum atomic E-state index is 12.3. The summed E-state index contributed by atoms with van der Waals surface area (Å²) in [6, 6.07) is 7.45. The zero-order chi connectivity index (χ0) is 14.7. The van der Waals surface area contributed by atoms with Crippen molar-refractivity contribution in [2.75, 3.05) is 0 Å². The van der Waals surface area contributed by atoms with Crippen molar-refractivity contribution in [1.82, 2.24) is 0 Å². The molecule has 2 rings (SSSR count). The molecule has 0 saturated heterocycles. The van der Waals surface area contributed by atoms with E-state index >= 15 is 0 Å². The van der Waals surface area contributed by atoms with Gasteiger partial charge in [0.05, 0.1) is 5.02 Å². The molecular weight excluding hydrogens is 274 g/mol. The molecule has 1 heterocycles. The number of Topliss-reactive ketones (excluding diaryl/α,β-unsaturated/α-hetero) is 1. The SMILES string of the molecule is CC(N)CCCC(C)C(=O)c1cc2cccc(Cl)c2o1. The van der Waals surface area contributed by atoms with Crippen LogP contribution in [0.3, 0.4) is 0 Å². The second-order valence-electron chi connectivity index (χ2n) is 5.44. The molecule has 4 heteroatoms. The first-order valence-corrected chi connectivity index (χ1v) is 7.34. The number of ketones is 1. The topological polar surface area (TPSA) is 56.2 Å². The highest BCUT2D eigenvalue weighted by Crippen LogP contribution is 2.28. The smallest absolute Gasteiger partial charge is 0.200 e. The Kier molecular flexibility index (Phi) is 4.84. The lowest BCUT2D eigenvalue weighted by molar-refractivity contribution is 0.0896. The van der Waals surface area contributed by atoms with Crippen LogP contribution >= 0.6 is 11.6 Å². The number of hydrogen-bond donors (Lipinski definition) is 1. The van der Waals surface area contributed by atoms with Crippen LogP contribution in [-0.4, -0.2) is 11.8 Å². The molecule has 2 atom stereocenters. The highest BCUT2D eigenvalue weighted by Gasteiger charge is 2.19. The number of carbonyl (C=O) groups is 1. The minimum atomic E-state index is -0.0620. The third kappa shape index (κ3) is 3.41. The lowest BCUT2D eigenvalue weighted by atomic mass is 9.96. The first-order valence-electron chi connectivity index (χ1n) is 6.97. The Morgan fingerprint density at radius 2 is 2.10 bits per heavy atom. The normalized spacial score (nSPS) is 14.4. The van der Waals surface area contributed by atoms with E-state index in [4.69, 9.17) is 21.8 Å². The van der Waals surface area contributed by atoms with Crippen LogP contribution in [0.4, 0.5) is 0 Å². The number of rotatable bonds is 6. The van der Waals surface area contributed by atoms with E-state index in [2.05, 4.69) is 0 Å². The lowest BCUT2D eigenvalue weighted by Crippen LogP contribution is -2.16. The molecule has 2 aromatic rings. The van der Waals surface area contributed by atoms with Crippen molar-refractivity contribution < 1.29 is 9.21 Å². The number of halogens is 1. The van der Waals surface area contributed by atoms with E-state index < -0.39 is 0 Å². The van der Waals surface area contributed by atoms with Crippen LogP contribution in [-0.2, 0) is 0 Å². The monoisotopic (exact) mass is 293 g/mol. The van der Waals surface area contributed by atoms with Crippen molar-refractivity contribution in [1.29, 1.82) is 0 Å². The van der Waals surface area contributed by atoms with Gasteiger partial charge in [-0.05, 0) is 31.9 Å². The number of carbonyl (C=O) groups excluding carboxylic acids is 1. The van der Waals surface area contributed by atoms with Crippen molar-refractivity contribution in [2.45, 2.75) is 39.2 Å². The highest BCUT2D eigenvalue weighted by molar-refractivity contribution is 6.34. The second kappa shape index (κ2) is 6.42. The molecule has 0 aliphatic heterocycles. The van der Waals surface area contributed by atoms with Gasteiger partial charge in [-0.1, -0.05) is 37.1 Å². The molecule has 3 nitrogen and oxygen atoms in total. The molecular formula is C16H20ClNO2. The number of fused-ring (bicyclic) bond motifs is 1. The fourth-order valence-electron chi connectivity index (χ4n) is 2.27. The first-order chi connectivity index (χ1) is 9.49. The third-order valence-corrected chi connectivity index (χ3v) is 3.78. The Hall–Kier alpha value is -1.32. The molecule has 20 heavy (non-hydrogen) atoms. The molecule has 0 aliphatic rings. The van der Waals surface area contributed by atoms with Gasteiger partial charge in [-0.2, -0.15) is 0 Å². The van der Waals surface area contributed by atoms with Gasteiger partial charge in [-0.15, -0.1) is 0 Å². The van der Waals surface area contributed by atoms with E-state index in [0.29, 0.717) is 16.4 Å². The van der Waals surface area contributed by atoms with Gasteiger partial charge in [-0.3, -0.25) is 4.79 Å². The van der Waals surface area contributed by atoms with E-state index in [1.807, 2.05) is 26.0 Å². The molecule has 0 fully saturated rings. The maximum Gasteiger partial charge on any atom is 0.200 e. The number of benzene rings is 1. The minimum absolute atomic E-state index is 0.0296. The van der Waals surface area contributed by atoms with Crippen molar-refractivity contribution in [2.24, 2.45) is 11.7 Å². The average molecular weight is 294 g/mol. The van der Waals surface area contributed by atoms with Crippen molar-refractivity contribution in [3.8, 4) is 0 Å². The number of para-hydroxylation sites is 1. The summed E-state index contributed by atoms with van der Waals surface area (Å²) in [7, 11) is 0. The summed E-state index contributed by atoms with van der Waals surface area (Å²) in [5.41, 5.74) is 6.30. The van der Waals surface area contributed by atoms with Gasteiger partial charge < -0.3 is 10.2 Å². The Morgan fingerprint density at radius 1 is 1.35 bits per heavy atom. The molecule has 0 radical (unpaired) electrons. The largest absolute Gasteiger partial charge is 0.451 e. The van der Waals surface area contributed by atoms with Gasteiger partial charge in [-0.25, -0.2) is 0 Å². The van der Waals surface area contributed by atoms with Crippen LogP contribution in [0.1, 0.15) is 43.7 Å².